The van der Waals surface area contributed by atoms with Crippen molar-refractivity contribution >= 4 is 17.7 Å². The third-order valence-corrected chi connectivity index (χ3v) is 5.59. The van der Waals surface area contributed by atoms with Crippen LogP contribution in [0, 0.1) is 0 Å². The van der Waals surface area contributed by atoms with E-state index in [2.05, 4.69) is 44.2 Å². The van der Waals surface area contributed by atoms with Crippen molar-refractivity contribution in [3.8, 4) is 0 Å². The van der Waals surface area contributed by atoms with E-state index in [-0.39, 0.29) is 5.91 Å². The van der Waals surface area contributed by atoms with Crippen molar-refractivity contribution in [2.75, 3.05) is 13.1 Å². The second-order valence-electron chi connectivity index (χ2n) is 5.91. The highest BCUT2D eigenvalue weighted by Gasteiger charge is 2.23. The number of amides is 1. The molecule has 0 atom stereocenters. The maximum absolute atomic E-state index is 13.0. The summed E-state index contributed by atoms with van der Waals surface area (Å²) < 4.78 is 0. The fourth-order valence-electron chi connectivity index (χ4n) is 3.02. The lowest BCUT2D eigenvalue weighted by atomic mass is 9.98. The average Bonchev–Trinajstić information content (AvgIpc) is 2.59. The molecule has 0 aliphatic carbocycles. The van der Waals surface area contributed by atoms with Gasteiger partial charge in [-0.05, 0) is 42.7 Å². The van der Waals surface area contributed by atoms with Gasteiger partial charge in [0.25, 0.3) is 5.91 Å². The van der Waals surface area contributed by atoms with Crippen molar-refractivity contribution < 1.29 is 4.79 Å². The Labute approximate surface area is 142 Å². The molecule has 0 bridgehead atoms. The summed E-state index contributed by atoms with van der Waals surface area (Å²) >= 11 is 1.78. The van der Waals surface area contributed by atoms with E-state index in [4.69, 9.17) is 0 Å². The summed E-state index contributed by atoms with van der Waals surface area (Å²) in [7, 11) is 0. The zero-order valence-electron chi connectivity index (χ0n) is 13.8. The maximum Gasteiger partial charge on any atom is 0.254 e. The van der Waals surface area contributed by atoms with Gasteiger partial charge in [0.1, 0.15) is 0 Å². The van der Waals surface area contributed by atoms with Crippen molar-refractivity contribution in [3.05, 3.63) is 59.2 Å². The summed E-state index contributed by atoms with van der Waals surface area (Å²) in [5.74, 6) is 0.179. The maximum atomic E-state index is 13.0. The first-order valence-electron chi connectivity index (χ1n) is 8.41. The molecule has 0 spiro atoms. The molecular formula is C20H23NOS. The molecule has 1 amide bonds. The van der Waals surface area contributed by atoms with Gasteiger partial charge in [0, 0.05) is 34.9 Å². The Kier molecular flexibility index (Phi) is 5.06. The predicted octanol–water partition coefficient (Wildman–Crippen LogP) is 5.00. The van der Waals surface area contributed by atoms with Crippen molar-refractivity contribution in [1.29, 1.82) is 0 Å². The van der Waals surface area contributed by atoms with E-state index in [0.29, 0.717) is 0 Å². The highest BCUT2D eigenvalue weighted by molar-refractivity contribution is 7.99. The zero-order chi connectivity index (χ0) is 16.2. The van der Waals surface area contributed by atoms with E-state index < -0.39 is 0 Å². The third kappa shape index (κ3) is 3.30. The molecular weight excluding hydrogens is 302 g/mol. The predicted molar refractivity (Wildman–Crippen MR) is 96.3 cm³/mol. The average molecular weight is 325 g/mol. The Morgan fingerprint density at radius 2 is 1.87 bits per heavy atom. The van der Waals surface area contributed by atoms with Crippen LogP contribution >= 0.6 is 11.8 Å². The normalized spacial score (nSPS) is 12.4. The van der Waals surface area contributed by atoms with Crippen molar-refractivity contribution in [3.63, 3.8) is 0 Å². The monoisotopic (exact) mass is 325 g/mol. The van der Waals surface area contributed by atoms with Crippen LogP contribution < -0.4 is 0 Å². The van der Waals surface area contributed by atoms with Gasteiger partial charge >= 0.3 is 0 Å². The summed E-state index contributed by atoms with van der Waals surface area (Å²) in [6.07, 6.45) is 3.03. The Morgan fingerprint density at radius 1 is 1.09 bits per heavy atom. The van der Waals surface area contributed by atoms with Gasteiger partial charge in [0.2, 0.25) is 0 Å². The van der Waals surface area contributed by atoms with Gasteiger partial charge in [-0.25, -0.2) is 0 Å². The first-order valence-corrected chi connectivity index (χ1v) is 9.23. The van der Waals surface area contributed by atoms with Crippen LogP contribution in [-0.2, 0) is 6.42 Å². The highest BCUT2D eigenvalue weighted by atomic mass is 32.2. The highest BCUT2D eigenvalue weighted by Crippen LogP contribution is 2.40. The Hall–Kier alpha value is -1.74. The van der Waals surface area contributed by atoms with E-state index in [0.717, 1.165) is 37.9 Å². The topological polar surface area (TPSA) is 20.3 Å². The van der Waals surface area contributed by atoms with Crippen molar-refractivity contribution in [2.24, 2.45) is 0 Å². The summed E-state index contributed by atoms with van der Waals surface area (Å²) in [5, 5.41) is 0. The Morgan fingerprint density at radius 3 is 2.65 bits per heavy atom. The largest absolute Gasteiger partial charge is 0.339 e. The molecule has 0 aromatic heterocycles. The van der Waals surface area contributed by atoms with Crippen LogP contribution in [0.5, 0.6) is 0 Å². The smallest absolute Gasteiger partial charge is 0.254 e. The lowest BCUT2D eigenvalue weighted by Gasteiger charge is -2.25. The Bertz CT molecular complexity index is 711. The molecule has 1 aliphatic rings. The van der Waals surface area contributed by atoms with Gasteiger partial charge in [-0.15, -0.1) is 0 Å². The number of hydrogen-bond acceptors (Lipinski definition) is 2. The van der Waals surface area contributed by atoms with Crippen LogP contribution in [0.25, 0.3) is 0 Å². The van der Waals surface area contributed by atoms with Gasteiger partial charge < -0.3 is 4.90 Å². The number of hydrogen-bond donors (Lipinski definition) is 0. The van der Waals surface area contributed by atoms with E-state index >= 15 is 0 Å². The third-order valence-electron chi connectivity index (χ3n) is 4.37. The van der Waals surface area contributed by atoms with Gasteiger partial charge in [-0.1, -0.05) is 49.4 Å². The van der Waals surface area contributed by atoms with Gasteiger partial charge in [0.05, 0.1) is 0 Å². The lowest BCUT2D eigenvalue weighted by molar-refractivity contribution is 0.0761. The molecule has 3 rings (SSSR count). The second kappa shape index (κ2) is 7.22. The lowest BCUT2D eigenvalue weighted by Crippen LogP contribution is -2.32. The summed E-state index contributed by atoms with van der Waals surface area (Å²) in [6.45, 7) is 5.84. The van der Waals surface area contributed by atoms with Gasteiger partial charge in [-0.2, -0.15) is 0 Å². The van der Waals surface area contributed by atoms with E-state index in [9.17, 15) is 4.79 Å². The van der Waals surface area contributed by atoms with Crippen LogP contribution in [0.1, 0.15) is 48.2 Å². The number of carbonyl (C=O) groups is 1. The molecule has 2 aromatic carbocycles. The molecule has 1 heterocycles. The summed E-state index contributed by atoms with van der Waals surface area (Å²) in [5.41, 5.74) is 3.39. The van der Waals surface area contributed by atoms with Crippen LogP contribution in [0.3, 0.4) is 0 Å². The number of rotatable bonds is 5. The van der Waals surface area contributed by atoms with Crippen molar-refractivity contribution in [2.45, 2.75) is 42.9 Å². The van der Waals surface area contributed by atoms with Crippen molar-refractivity contribution in [1.82, 2.24) is 4.90 Å². The molecule has 2 nitrogen and oxygen atoms in total. The number of fused-ring (bicyclic) bond motifs is 2. The number of nitrogens with zero attached hydrogens (tertiary/aromatic N) is 1. The zero-order valence-corrected chi connectivity index (χ0v) is 14.7. The second-order valence-corrected chi connectivity index (χ2v) is 6.99. The molecule has 1 aliphatic heterocycles. The number of unbranched alkanes of at least 4 members (excludes halogenated alkanes) is 1. The minimum Gasteiger partial charge on any atom is -0.339 e. The molecule has 0 unspecified atom stereocenters. The minimum absolute atomic E-state index is 0.179. The summed E-state index contributed by atoms with van der Waals surface area (Å²) in [6, 6.07) is 14.6. The molecule has 120 valence electrons. The SMILES string of the molecule is CCCCN(CC)C(=O)c1cccc2c1Cc1ccccc1S2. The van der Waals surface area contributed by atoms with Crippen LogP contribution in [0.2, 0.25) is 0 Å². The molecule has 0 radical (unpaired) electrons. The molecule has 0 saturated heterocycles. The summed E-state index contributed by atoms with van der Waals surface area (Å²) in [4.78, 5) is 17.5. The molecule has 0 fully saturated rings. The first-order chi connectivity index (χ1) is 11.2. The first kappa shape index (κ1) is 16.1. The number of carbonyl (C=O) groups excluding carboxylic acids is 1. The quantitative estimate of drug-likeness (QED) is 0.657. The molecule has 0 N–H and O–H groups in total. The van der Waals surface area contributed by atoms with Gasteiger partial charge in [-0.3, -0.25) is 4.79 Å². The number of benzene rings is 2. The van der Waals surface area contributed by atoms with E-state index in [1.807, 2.05) is 17.0 Å². The van der Waals surface area contributed by atoms with Crippen LogP contribution in [0.15, 0.2) is 52.3 Å². The fourth-order valence-corrected chi connectivity index (χ4v) is 4.13. The van der Waals surface area contributed by atoms with E-state index in [1.54, 1.807) is 11.8 Å². The molecule has 23 heavy (non-hydrogen) atoms. The minimum atomic E-state index is 0.179. The molecule has 2 aromatic rings. The van der Waals surface area contributed by atoms with Crippen LogP contribution in [0.4, 0.5) is 0 Å². The van der Waals surface area contributed by atoms with Gasteiger partial charge in [0.15, 0.2) is 0 Å². The molecule has 3 heteroatoms. The van der Waals surface area contributed by atoms with Crippen LogP contribution in [-0.4, -0.2) is 23.9 Å². The van der Waals surface area contributed by atoms with E-state index in [1.165, 1.54) is 20.9 Å². The fraction of sp³-hybridized carbons (Fsp3) is 0.350. The standard InChI is InChI=1S/C20H23NOS/c1-3-5-13-21(4-2)20(22)16-10-8-12-19-17(16)14-15-9-6-7-11-18(15)23-19/h6-12H,3-5,13-14H2,1-2H3. The Balaban J connectivity index is 1.92. The molecule has 0 saturated carbocycles.